The lowest BCUT2D eigenvalue weighted by molar-refractivity contribution is 0.0112. The maximum atomic E-state index is 13.0. The minimum absolute atomic E-state index is 0.0506. The van der Waals surface area contributed by atoms with E-state index in [0.29, 0.717) is 28.2 Å². The second kappa shape index (κ2) is 9.71. The molecular formula is C29H36N4O4S. The molecule has 38 heavy (non-hydrogen) atoms. The van der Waals surface area contributed by atoms with E-state index in [0.717, 1.165) is 26.4 Å². The summed E-state index contributed by atoms with van der Waals surface area (Å²) in [7, 11) is 1.68. The highest BCUT2D eigenvalue weighted by Crippen LogP contribution is 2.48. The van der Waals surface area contributed by atoms with Gasteiger partial charge in [-0.05, 0) is 65.3 Å². The van der Waals surface area contributed by atoms with Gasteiger partial charge in [0.1, 0.15) is 17.0 Å². The second-order valence-corrected chi connectivity index (χ2v) is 12.3. The van der Waals surface area contributed by atoms with Gasteiger partial charge in [0, 0.05) is 52.3 Å². The summed E-state index contributed by atoms with van der Waals surface area (Å²) in [4.78, 5) is 35.0. The highest BCUT2D eigenvalue weighted by atomic mass is 32.1. The lowest BCUT2D eigenvalue weighted by Crippen LogP contribution is -2.41. The molecule has 4 heterocycles. The van der Waals surface area contributed by atoms with E-state index in [9.17, 15) is 14.7 Å². The summed E-state index contributed by atoms with van der Waals surface area (Å²) in [6, 6.07) is 5.61. The third-order valence-electron chi connectivity index (χ3n) is 7.09. The zero-order chi connectivity index (χ0) is 28.2. The van der Waals surface area contributed by atoms with Crippen LogP contribution in [-0.4, -0.2) is 37.2 Å². The van der Waals surface area contributed by atoms with Crippen LogP contribution < -0.4 is 15.6 Å². The quantitative estimate of drug-likeness (QED) is 0.285. The van der Waals surface area contributed by atoms with Crippen LogP contribution in [0, 0.1) is 13.8 Å². The molecule has 3 N–H and O–H groups in total. The molecule has 1 amide bonds. The van der Waals surface area contributed by atoms with E-state index in [2.05, 4.69) is 15.3 Å². The van der Waals surface area contributed by atoms with Gasteiger partial charge in [-0.3, -0.25) is 9.59 Å². The molecule has 0 saturated carbocycles. The van der Waals surface area contributed by atoms with Gasteiger partial charge in [-0.15, -0.1) is 11.3 Å². The van der Waals surface area contributed by atoms with E-state index in [1.165, 1.54) is 15.9 Å². The Bertz CT molecular complexity index is 1580. The van der Waals surface area contributed by atoms with Crippen molar-refractivity contribution in [1.82, 2.24) is 19.9 Å². The van der Waals surface area contributed by atoms with Crippen LogP contribution in [0.4, 0.5) is 0 Å². The van der Waals surface area contributed by atoms with Gasteiger partial charge in [-0.2, -0.15) is 0 Å². The van der Waals surface area contributed by atoms with Crippen molar-refractivity contribution < 1.29 is 14.6 Å². The van der Waals surface area contributed by atoms with Crippen molar-refractivity contribution in [3.8, 4) is 22.1 Å². The van der Waals surface area contributed by atoms with Crippen LogP contribution in [-0.2, 0) is 12.5 Å². The fraction of sp³-hybridized carbons (Fsp3) is 0.414. The number of thiophene rings is 1. The van der Waals surface area contributed by atoms with E-state index in [4.69, 9.17) is 4.74 Å². The maximum absolute atomic E-state index is 13.0. The van der Waals surface area contributed by atoms with Crippen LogP contribution in [0.5, 0.6) is 11.6 Å². The second-order valence-electron chi connectivity index (χ2n) is 11.3. The summed E-state index contributed by atoms with van der Waals surface area (Å²) in [6.07, 6.45) is 3.52. The van der Waals surface area contributed by atoms with Gasteiger partial charge in [0.05, 0.1) is 10.5 Å². The van der Waals surface area contributed by atoms with E-state index >= 15 is 0 Å². The summed E-state index contributed by atoms with van der Waals surface area (Å²) < 4.78 is 7.90. The highest BCUT2D eigenvalue weighted by molar-refractivity contribution is 7.16. The van der Waals surface area contributed by atoms with E-state index in [-0.39, 0.29) is 17.5 Å². The van der Waals surface area contributed by atoms with Crippen LogP contribution in [0.2, 0.25) is 0 Å². The summed E-state index contributed by atoms with van der Waals surface area (Å²) in [5.74, 6) is 0.765. The molecule has 202 valence electrons. The van der Waals surface area contributed by atoms with Crippen molar-refractivity contribution in [2.75, 3.05) is 0 Å². The van der Waals surface area contributed by atoms with Crippen molar-refractivity contribution in [2.45, 2.75) is 72.4 Å². The number of carbonyl (C=O) groups excluding carboxylic acids is 1. The molecule has 0 aromatic carbocycles. The number of ether oxygens (including phenoxy) is 1. The first kappa shape index (κ1) is 27.6. The molecule has 0 bridgehead atoms. The van der Waals surface area contributed by atoms with Crippen LogP contribution in [0.1, 0.15) is 68.0 Å². The number of amides is 1. The van der Waals surface area contributed by atoms with Crippen molar-refractivity contribution in [3.05, 3.63) is 62.6 Å². The molecule has 0 aliphatic carbocycles. The zero-order valence-electron chi connectivity index (χ0n) is 23.4. The molecule has 0 unspecified atom stereocenters. The Labute approximate surface area is 226 Å². The molecule has 9 heteroatoms. The molecule has 0 fully saturated rings. The molecule has 4 aromatic rings. The number of aliphatic hydroxyl groups is 1. The molecule has 4 aromatic heterocycles. The lowest BCUT2D eigenvalue weighted by Gasteiger charge is -2.36. The molecule has 0 saturated heterocycles. The Hall–Kier alpha value is -3.43. The number of carbonyl (C=O) groups is 1. The molecule has 0 radical (unpaired) electrons. The topological polar surface area (TPSA) is 109 Å². The molecule has 4 rings (SSSR count). The standard InChI is InChI=1S/C29H36N4O4S/c1-15(2)31-25(34)20-11-18-19(14-33(9)27(35)23(18)32-20)24-21(37-26-17(4)10-16(3)13-30-26)12-22(38-24)28(5,6)29(7,8)36/h10-15,32,36H,1-9H3,(H,31,34). The van der Waals surface area contributed by atoms with Gasteiger partial charge < -0.3 is 24.7 Å². The Balaban J connectivity index is 1.97. The molecule has 0 atom stereocenters. The minimum atomic E-state index is -1.01. The van der Waals surface area contributed by atoms with Gasteiger partial charge >= 0.3 is 0 Å². The number of hydrogen-bond donors (Lipinski definition) is 3. The molecular weight excluding hydrogens is 500 g/mol. The predicted octanol–water partition coefficient (Wildman–Crippen LogP) is 5.59. The van der Waals surface area contributed by atoms with E-state index < -0.39 is 11.0 Å². The van der Waals surface area contributed by atoms with Crippen molar-refractivity contribution in [2.24, 2.45) is 7.05 Å². The minimum Gasteiger partial charge on any atom is -0.437 e. The maximum Gasteiger partial charge on any atom is 0.274 e. The third kappa shape index (κ3) is 5.00. The van der Waals surface area contributed by atoms with Crippen LogP contribution >= 0.6 is 11.3 Å². The number of nitrogens with one attached hydrogen (secondary N) is 2. The zero-order valence-corrected chi connectivity index (χ0v) is 24.3. The fourth-order valence-electron chi connectivity index (χ4n) is 4.14. The summed E-state index contributed by atoms with van der Waals surface area (Å²) in [5.41, 5.74) is 1.46. The number of aromatic amines is 1. The first-order valence-electron chi connectivity index (χ1n) is 12.6. The monoisotopic (exact) mass is 536 g/mol. The Morgan fingerprint density at radius 2 is 1.87 bits per heavy atom. The molecule has 0 aliphatic rings. The largest absolute Gasteiger partial charge is 0.437 e. The first-order valence-corrected chi connectivity index (χ1v) is 13.4. The average molecular weight is 537 g/mol. The number of fused-ring (bicyclic) bond motifs is 1. The van der Waals surface area contributed by atoms with Crippen LogP contribution in [0.15, 0.2) is 35.4 Å². The Morgan fingerprint density at radius 1 is 1.18 bits per heavy atom. The normalized spacial score (nSPS) is 12.4. The number of aryl methyl sites for hydroxylation is 3. The van der Waals surface area contributed by atoms with Gasteiger partial charge in [0.25, 0.3) is 11.5 Å². The number of H-pyrrole nitrogens is 1. The number of hydrogen-bond acceptors (Lipinski definition) is 6. The van der Waals surface area contributed by atoms with Gasteiger partial charge in [-0.1, -0.05) is 13.8 Å². The molecule has 0 aliphatic heterocycles. The lowest BCUT2D eigenvalue weighted by atomic mass is 9.76. The number of aromatic nitrogens is 3. The number of rotatable bonds is 7. The summed E-state index contributed by atoms with van der Waals surface area (Å²) in [5, 5.41) is 14.5. The Kier molecular flexibility index (Phi) is 7.05. The van der Waals surface area contributed by atoms with Crippen molar-refractivity contribution in [3.63, 3.8) is 0 Å². The SMILES string of the molecule is Cc1cnc(Oc2cc(C(C)(C)C(C)(C)O)sc2-c2cn(C)c(=O)c3[nH]c(C(=O)NC(C)C)cc23)c(C)c1. The fourth-order valence-corrected chi connectivity index (χ4v) is 5.50. The van der Waals surface area contributed by atoms with Crippen LogP contribution in [0.3, 0.4) is 0 Å². The van der Waals surface area contributed by atoms with Crippen molar-refractivity contribution >= 4 is 28.1 Å². The first-order chi connectivity index (χ1) is 17.6. The van der Waals surface area contributed by atoms with Gasteiger partial charge in [0.15, 0.2) is 0 Å². The number of pyridine rings is 2. The third-order valence-corrected chi connectivity index (χ3v) is 8.56. The average Bonchev–Trinajstić information content (AvgIpc) is 3.43. The van der Waals surface area contributed by atoms with E-state index in [1.54, 1.807) is 39.4 Å². The van der Waals surface area contributed by atoms with E-state index in [1.807, 2.05) is 53.7 Å². The summed E-state index contributed by atoms with van der Waals surface area (Å²) in [6.45, 7) is 15.2. The van der Waals surface area contributed by atoms with Gasteiger partial charge in [-0.25, -0.2) is 4.98 Å². The molecule has 8 nitrogen and oxygen atoms in total. The predicted molar refractivity (Wildman–Crippen MR) is 153 cm³/mol. The highest BCUT2D eigenvalue weighted by Gasteiger charge is 2.39. The van der Waals surface area contributed by atoms with Gasteiger partial charge in [0.2, 0.25) is 5.88 Å². The molecule has 0 spiro atoms. The summed E-state index contributed by atoms with van der Waals surface area (Å²) >= 11 is 1.49. The smallest absolute Gasteiger partial charge is 0.274 e. The Morgan fingerprint density at radius 3 is 2.47 bits per heavy atom. The number of nitrogens with zero attached hydrogens (tertiary/aromatic N) is 2. The van der Waals surface area contributed by atoms with Crippen molar-refractivity contribution in [1.29, 1.82) is 0 Å². The van der Waals surface area contributed by atoms with Crippen LogP contribution in [0.25, 0.3) is 21.3 Å².